The zero-order valence-corrected chi connectivity index (χ0v) is 13.3. The van der Waals surface area contributed by atoms with Crippen molar-refractivity contribution < 1.29 is 4.79 Å². The average Bonchev–Trinajstić information content (AvgIpc) is 2.61. The summed E-state index contributed by atoms with van der Waals surface area (Å²) in [7, 11) is 2.12. The van der Waals surface area contributed by atoms with E-state index in [1.807, 2.05) is 30.5 Å². The van der Waals surface area contributed by atoms with E-state index in [2.05, 4.69) is 32.1 Å². The van der Waals surface area contributed by atoms with E-state index in [1.54, 1.807) is 12.4 Å². The molecule has 120 valence electrons. The number of hydrogen-bond donors (Lipinski definition) is 1. The summed E-state index contributed by atoms with van der Waals surface area (Å²) >= 11 is 0. The van der Waals surface area contributed by atoms with Crippen LogP contribution in [0.15, 0.2) is 42.9 Å². The van der Waals surface area contributed by atoms with Crippen molar-refractivity contribution in [3.63, 3.8) is 0 Å². The quantitative estimate of drug-likeness (QED) is 0.918. The van der Waals surface area contributed by atoms with Crippen LogP contribution in [0.4, 0.5) is 5.69 Å². The molecule has 0 aliphatic carbocycles. The van der Waals surface area contributed by atoms with E-state index in [0.717, 1.165) is 37.6 Å². The predicted octanol–water partition coefficient (Wildman–Crippen LogP) is 1.16. The molecule has 0 atom stereocenters. The van der Waals surface area contributed by atoms with Gasteiger partial charge in [0.25, 0.3) is 5.91 Å². The second-order valence-corrected chi connectivity index (χ2v) is 5.73. The summed E-state index contributed by atoms with van der Waals surface area (Å²) in [6, 6.07) is 7.56. The van der Waals surface area contributed by atoms with Crippen LogP contribution in [0.5, 0.6) is 0 Å². The minimum atomic E-state index is -0.126. The van der Waals surface area contributed by atoms with Crippen LogP contribution in [0.25, 0.3) is 0 Å². The maximum atomic E-state index is 12.3. The highest BCUT2D eigenvalue weighted by molar-refractivity contribution is 5.94. The van der Waals surface area contributed by atoms with E-state index < -0.39 is 0 Å². The summed E-state index contributed by atoms with van der Waals surface area (Å²) in [6.07, 6.45) is 5.14. The van der Waals surface area contributed by atoms with Crippen molar-refractivity contribution in [3.05, 3.63) is 54.1 Å². The van der Waals surface area contributed by atoms with Gasteiger partial charge in [0.15, 0.2) is 0 Å². The molecule has 2 aromatic rings. The fraction of sp³-hybridized carbons (Fsp3) is 0.353. The highest BCUT2D eigenvalue weighted by Gasteiger charge is 2.16. The number of nitrogens with zero attached hydrogens (tertiary/aromatic N) is 4. The van der Waals surface area contributed by atoms with E-state index >= 15 is 0 Å². The number of piperazine rings is 1. The molecule has 0 bridgehead atoms. The lowest BCUT2D eigenvalue weighted by atomic mass is 10.2. The van der Waals surface area contributed by atoms with Crippen LogP contribution in [0, 0.1) is 0 Å². The summed E-state index contributed by atoms with van der Waals surface area (Å²) in [5.74, 6) is -0.126. The minimum absolute atomic E-state index is 0.126. The van der Waals surface area contributed by atoms with E-state index in [4.69, 9.17) is 0 Å². The second kappa shape index (κ2) is 7.19. The van der Waals surface area contributed by atoms with Gasteiger partial charge >= 0.3 is 0 Å². The molecule has 0 unspecified atom stereocenters. The molecular weight excluding hydrogens is 290 g/mol. The van der Waals surface area contributed by atoms with Crippen LogP contribution in [0.2, 0.25) is 0 Å². The first kappa shape index (κ1) is 15.4. The normalized spacial score (nSPS) is 15.4. The van der Waals surface area contributed by atoms with Gasteiger partial charge in [-0.05, 0) is 25.2 Å². The number of rotatable bonds is 4. The first-order valence-electron chi connectivity index (χ1n) is 7.79. The number of hydrogen-bond acceptors (Lipinski definition) is 5. The molecule has 3 heterocycles. The summed E-state index contributed by atoms with van der Waals surface area (Å²) in [5.41, 5.74) is 2.42. The smallest absolute Gasteiger partial charge is 0.253 e. The molecule has 0 saturated carbocycles. The molecule has 6 heteroatoms. The Labute approximate surface area is 136 Å². The van der Waals surface area contributed by atoms with Crippen LogP contribution < -0.4 is 10.2 Å². The third kappa shape index (κ3) is 4.04. The molecule has 1 amide bonds. The van der Waals surface area contributed by atoms with Crippen LogP contribution in [-0.2, 0) is 6.54 Å². The van der Waals surface area contributed by atoms with Crippen molar-refractivity contribution in [1.29, 1.82) is 0 Å². The number of carbonyl (C=O) groups excluding carboxylic acids is 1. The third-order valence-electron chi connectivity index (χ3n) is 4.01. The van der Waals surface area contributed by atoms with Crippen LogP contribution in [-0.4, -0.2) is 54.0 Å². The van der Waals surface area contributed by atoms with E-state index in [1.165, 1.54) is 0 Å². The molecular formula is C17H21N5O. The molecule has 1 N–H and O–H groups in total. The van der Waals surface area contributed by atoms with E-state index in [0.29, 0.717) is 12.1 Å². The molecule has 0 spiro atoms. The number of likely N-dealkylation sites (N-methyl/N-ethyl adjacent to an activating group) is 1. The van der Waals surface area contributed by atoms with Gasteiger partial charge in [-0.25, -0.2) is 0 Å². The standard InChI is InChI=1S/C17H21N5O/c1-21-6-8-22(9-7-21)16-10-14(11-18-13-16)17(23)20-12-15-4-2-3-5-19-15/h2-5,10-11,13H,6-9,12H2,1H3,(H,20,23). The van der Waals surface area contributed by atoms with Crippen molar-refractivity contribution >= 4 is 11.6 Å². The first-order chi connectivity index (χ1) is 11.2. The maximum absolute atomic E-state index is 12.3. The minimum Gasteiger partial charge on any atom is -0.368 e. The van der Waals surface area contributed by atoms with Crippen LogP contribution >= 0.6 is 0 Å². The van der Waals surface area contributed by atoms with Crippen molar-refractivity contribution in [1.82, 2.24) is 20.2 Å². The van der Waals surface area contributed by atoms with Gasteiger partial charge in [0, 0.05) is 38.6 Å². The molecule has 0 aromatic carbocycles. The van der Waals surface area contributed by atoms with E-state index in [-0.39, 0.29) is 5.91 Å². The van der Waals surface area contributed by atoms with E-state index in [9.17, 15) is 4.79 Å². The lowest BCUT2D eigenvalue weighted by Gasteiger charge is -2.33. The largest absolute Gasteiger partial charge is 0.368 e. The van der Waals surface area contributed by atoms with Crippen molar-refractivity contribution in [2.45, 2.75) is 6.54 Å². The molecule has 2 aromatic heterocycles. The van der Waals surface area contributed by atoms with Gasteiger partial charge in [-0.2, -0.15) is 0 Å². The molecule has 6 nitrogen and oxygen atoms in total. The Hall–Kier alpha value is -2.47. The number of nitrogens with one attached hydrogen (secondary N) is 1. The Morgan fingerprint density at radius 2 is 2.04 bits per heavy atom. The lowest BCUT2D eigenvalue weighted by Crippen LogP contribution is -2.44. The van der Waals surface area contributed by atoms with Gasteiger partial charge in [-0.15, -0.1) is 0 Å². The molecule has 1 saturated heterocycles. The zero-order chi connectivity index (χ0) is 16.1. The van der Waals surface area contributed by atoms with Crippen LogP contribution in [0.1, 0.15) is 16.1 Å². The van der Waals surface area contributed by atoms with Gasteiger partial charge in [-0.3, -0.25) is 14.8 Å². The van der Waals surface area contributed by atoms with Gasteiger partial charge in [0.05, 0.1) is 29.7 Å². The Kier molecular flexibility index (Phi) is 4.83. The highest BCUT2D eigenvalue weighted by Crippen LogP contribution is 2.16. The number of pyridine rings is 2. The summed E-state index contributed by atoms with van der Waals surface area (Å²) in [4.78, 5) is 25.3. The summed E-state index contributed by atoms with van der Waals surface area (Å²) < 4.78 is 0. The fourth-order valence-corrected chi connectivity index (χ4v) is 2.57. The monoisotopic (exact) mass is 311 g/mol. The number of aromatic nitrogens is 2. The number of anilines is 1. The van der Waals surface area contributed by atoms with Crippen LogP contribution in [0.3, 0.4) is 0 Å². The van der Waals surface area contributed by atoms with Gasteiger partial charge < -0.3 is 15.1 Å². The zero-order valence-electron chi connectivity index (χ0n) is 13.3. The average molecular weight is 311 g/mol. The van der Waals surface area contributed by atoms with Crippen molar-refractivity contribution in [2.75, 3.05) is 38.1 Å². The van der Waals surface area contributed by atoms with Crippen molar-refractivity contribution in [2.24, 2.45) is 0 Å². The fourth-order valence-electron chi connectivity index (χ4n) is 2.57. The number of carbonyl (C=O) groups is 1. The third-order valence-corrected chi connectivity index (χ3v) is 4.01. The molecule has 3 rings (SSSR count). The Morgan fingerprint density at radius 3 is 2.78 bits per heavy atom. The first-order valence-corrected chi connectivity index (χ1v) is 7.79. The SMILES string of the molecule is CN1CCN(c2cncc(C(=O)NCc3ccccn3)c2)CC1. The predicted molar refractivity (Wildman–Crippen MR) is 89.4 cm³/mol. The Bertz CT molecular complexity index is 653. The Balaban J connectivity index is 1.63. The second-order valence-electron chi connectivity index (χ2n) is 5.73. The topological polar surface area (TPSA) is 61.4 Å². The summed E-state index contributed by atoms with van der Waals surface area (Å²) in [6.45, 7) is 4.37. The van der Waals surface area contributed by atoms with Gasteiger partial charge in [-0.1, -0.05) is 6.07 Å². The Morgan fingerprint density at radius 1 is 1.22 bits per heavy atom. The molecule has 1 aliphatic heterocycles. The molecule has 0 radical (unpaired) electrons. The van der Waals surface area contributed by atoms with Crippen molar-refractivity contribution in [3.8, 4) is 0 Å². The van der Waals surface area contributed by atoms with Gasteiger partial charge in [0.1, 0.15) is 0 Å². The molecule has 23 heavy (non-hydrogen) atoms. The highest BCUT2D eigenvalue weighted by atomic mass is 16.1. The van der Waals surface area contributed by atoms with Gasteiger partial charge in [0.2, 0.25) is 0 Å². The lowest BCUT2D eigenvalue weighted by molar-refractivity contribution is 0.0950. The maximum Gasteiger partial charge on any atom is 0.253 e. The molecule has 1 fully saturated rings. The molecule has 1 aliphatic rings. The number of amides is 1. The summed E-state index contributed by atoms with van der Waals surface area (Å²) in [5, 5.41) is 2.88.